The zero-order valence-corrected chi connectivity index (χ0v) is 14.6. The van der Waals surface area contributed by atoms with Crippen molar-refractivity contribution in [2.75, 3.05) is 13.4 Å². The highest BCUT2D eigenvalue weighted by molar-refractivity contribution is 5.86. The van der Waals surface area contributed by atoms with Gasteiger partial charge >= 0.3 is 11.9 Å². The van der Waals surface area contributed by atoms with Gasteiger partial charge in [0.05, 0.1) is 12.2 Å². The molecule has 4 aliphatic carbocycles. The fraction of sp³-hybridized carbons (Fsp3) is 0.789. The maximum absolute atomic E-state index is 11.7. The Bertz CT molecular complexity index is 475. The smallest absolute Gasteiger partial charge is 0.333 e. The molecule has 0 atom stereocenters. The first-order valence-electron chi connectivity index (χ1n) is 9.08. The van der Waals surface area contributed by atoms with E-state index >= 15 is 0 Å². The van der Waals surface area contributed by atoms with Crippen LogP contribution >= 0.6 is 0 Å². The highest BCUT2D eigenvalue weighted by Crippen LogP contribution is 2.57. The zero-order chi connectivity index (χ0) is 17.2. The first-order valence-corrected chi connectivity index (χ1v) is 9.08. The summed E-state index contributed by atoms with van der Waals surface area (Å²) in [5, 5.41) is 0. The van der Waals surface area contributed by atoms with Crippen LogP contribution in [0.1, 0.15) is 58.3 Å². The number of carbonyl (C=O) groups excluding carboxylic acids is 2. The summed E-state index contributed by atoms with van der Waals surface area (Å²) in [7, 11) is 0. The van der Waals surface area contributed by atoms with E-state index in [1.54, 1.807) is 6.92 Å². The third-order valence-electron chi connectivity index (χ3n) is 5.67. The quantitative estimate of drug-likeness (QED) is 0.294. The molecule has 0 N–H and O–H groups in total. The summed E-state index contributed by atoms with van der Waals surface area (Å²) < 4.78 is 16.2. The van der Waals surface area contributed by atoms with Gasteiger partial charge in [-0.3, -0.25) is 4.79 Å². The number of rotatable bonds is 8. The highest BCUT2D eigenvalue weighted by atomic mass is 16.7. The van der Waals surface area contributed by atoms with Gasteiger partial charge in [-0.05, 0) is 69.6 Å². The largest absolute Gasteiger partial charge is 0.462 e. The van der Waals surface area contributed by atoms with Gasteiger partial charge in [-0.15, -0.1) is 0 Å². The first-order chi connectivity index (χ1) is 11.5. The fourth-order valence-electron chi connectivity index (χ4n) is 5.00. The average Bonchev–Trinajstić information content (AvgIpc) is 2.49. The van der Waals surface area contributed by atoms with Crippen LogP contribution in [0, 0.1) is 17.8 Å². The molecule has 0 aliphatic heterocycles. The van der Waals surface area contributed by atoms with E-state index in [0.717, 1.165) is 37.0 Å². The molecule has 134 valence electrons. The molecule has 4 bridgehead atoms. The summed E-state index contributed by atoms with van der Waals surface area (Å²) in [5.41, 5.74) is 0.327. The van der Waals surface area contributed by atoms with Crippen molar-refractivity contribution >= 4 is 11.9 Å². The predicted octanol–water partition coefficient (Wildman–Crippen LogP) is 3.37. The molecule has 0 unspecified atom stereocenters. The maximum atomic E-state index is 11.7. The second-order valence-electron chi connectivity index (χ2n) is 7.90. The summed E-state index contributed by atoms with van der Waals surface area (Å²) in [6.45, 7) is 5.36. The van der Waals surface area contributed by atoms with Gasteiger partial charge in [0, 0.05) is 12.0 Å². The summed E-state index contributed by atoms with van der Waals surface area (Å²) in [5.74, 6) is 1.72. The van der Waals surface area contributed by atoms with E-state index in [4.69, 9.17) is 14.2 Å². The summed E-state index contributed by atoms with van der Waals surface area (Å²) >= 11 is 0. The Morgan fingerprint density at radius 1 is 1.04 bits per heavy atom. The van der Waals surface area contributed by atoms with E-state index < -0.39 is 5.97 Å². The molecule has 5 nitrogen and oxygen atoms in total. The van der Waals surface area contributed by atoms with Crippen LogP contribution in [0.25, 0.3) is 0 Å². The van der Waals surface area contributed by atoms with Crippen LogP contribution in [0.2, 0.25) is 0 Å². The number of hydrogen-bond acceptors (Lipinski definition) is 5. The fourth-order valence-corrected chi connectivity index (χ4v) is 5.00. The second-order valence-corrected chi connectivity index (χ2v) is 7.90. The summed E-state index contributed by atoms with van der Waals surface area (Å²) in [6.07, 6.45) is 8.18. The van der Waals surface area contributed by atoms with Crippen molar-refractivity contribution in [1.82, 2.24) is 0 Å². The van der Waals surface area contributed by atoms with E-state index in [1.165, 1.54) is 19.3 Å². The Hall–Kier alpha value is -1.36. The van der Waals surface area contributed by atoms with Gasteiger partial charge in [-0.2, -0.15) is 0 Å². The molecule has 0 aromatic carbocycles. The Morgan fingerprint density at radius 3 is 2.17 bits per heavy atom. The van der Waals surface area contributed by atoms with Gasteiger partial charge in [-0.1, -0.05) is 6.58 Å². The molecular weight excluding hydrogens is 308 g/mol. The van der Waals surface area contributed by atoms with E-state index in [2.05, 4.69) is 6.58 Å². The predicted molar refractivity (Wildman–Crippen MR) is 88.0 cm³/mol. The van der Waals surface area contributed by atoms with Gasteiger partial charge in [0.2, 0.25) is 0 Å². The molecule has 0 aromatic heterocycles. The Morgan fingerprint density at radius 2 is 1.62 bits per heavy atom. The number of ether oxygens (including phenoxy) is 3. The molecule has 4 saturated carbocycles. The van der Waals surface area contributed by atoms with Gasteiger partial charge in [0.1, 0.15) is 0 Å². The monoisotopic (exact) mass is 336 g/mol. The summed E-state index contributed by atoms with van der Waals surface area (Å²) in [4.78, 5) is 23.0. The van der Waals surface area contributed by atoms with E-state index in [9.17, 15) is 9.59 Å². The van der Waals surface area contributed by atoms with Crippen molar-refractivity contribution in [3.63, 3.8) is 0 Å². The molecule has 4 aliphatic rings. The van der Waals surface area contributed by atoms with Gasteiger partial charge in [-0.25, -0.2) is 4.79 Å². The summed E-state index contributed by atoms with van der Waals surface area (Å²) in [6, 6.07) is 0. The number of hydrogen-bond donors (Lipinski definition) is 0. The van der Waals surface area contributed by atoms with Crippen LogP contribution in [0.3, 0.4) is 0 Å². The molecule has 0 aromatic rings. The van der Waals surface area contributed by atoms with E-state index in [-0.39, 0.29) is 31.4 Å². The van der Waals surface area contributed by atoms with Crippen molar-refractivity contribution in [2.45, 2.75) is 63.9 Å². The Kier molecular flexibility index (Phi) is 5.28. The maximum Gasteiger partial charge on any atom is 0.333 e. The number of esters is 2. The standard InChI is InChI=1S/C19H28O5/c1-13(2)18(21)22-5-3-4-17(20)23-12-24-19-9-14-6-15(10-19)8-16(7-14)11-19/h14-16H,1,3-12H2,2H3. The van der Waals surface area contributed by atoms with Crippen molar-refractivity contribution in [2.24, 2.45) is 17.8 Å². The lowest BCUT2D eigenvalue weighted by atomic mass is 9.54. The van der Waals surface area contributed by atoms with Gasteiger partial charge in [0.15, 0.2) is 6.79 Å². The van der Waals surface area contributed by atoms with Crippen LogP contribution in [0.4, 0.5) is 0 Å². The molecular formula is C19H28O5. The second kappa shape index (κ2) is 7.26. The number of carbonyl (C=O) groups is 2. The Balaban J connectivity index is 1.31. The van der Waals surface area contributed by atoms with Crippen molar-refractivity contribution in [3.8, 4) is 0 Å². The van der Waals surface area contributed by atoms with Crippen molar-refractivity contribution < 1.29 is 23.8 Å². The third kappa shape index (κ3) is 4.18. The normalized spacial score (nSPS) is 33.3. The molecule has 4 fully saturated rings. The molecule has 0 amide bonds. The molecule has 5 heteroatoms. The lowest BCUT2D eigenvalue weighted by Gasteiger charge is -2.56. The SMILES string of the molecule is C=C(C)C(=O)OCCCC(=O)OCOC12CC3CC(CC(C3)C1)C2. The molecule has 24 heavy (non-hydrogen) atoms. The van der Waals surface area contributed by atoms with Crippen LogP contribution in [-0.4, -0.2) is 30.9 Å². The minimum absolute atomic E-state index is 0.0357. The van der Waals surface area contributed by atoms with Gasteiger partial charge in [0.25, 0.3) is 0 Å². The van der Waals surface area contributed by atoms with E-state index in [0.29, 0.717) is 12.0 Å². The Labute approximate surface area is 143 Å². The molecule has 0 saturated heterocycles. The zero-order valence-electron chi connectivity index (χ0n) is 14.6. The molecule has 0 heterocycles. The lowest BCUT2D eigenvalue weighted by Crippen LogP contribution is -2.52. The van der Waals surface area contributed by atoms with Crippen molar-refractivity contribution in [3.05, 3.63) is 12.2 Å². The minimum Gasteiger partial charge on any atom is -0.462 e. The van der Waals surface area contributed by atoms with Crippen LogP contribution < -0.4 is 0 Å². The van der Waals surface area contributed by atoms with Crippen molar-refractivity contribution in [1.29, 1.82) is 0 Å². The molecule has 0 spiro atoms. The van der Waals surface area contributed by atoms with Gasteiger partial charge < -0.3 is 14.2 Å². The highest BCUT2D eigenvalue weighted by Gasteiger charge is 2.51. The van der Waals surface area contributed by atoms with Crippen LogP contribution in [-0.2, 0) is 23.8 Å². The molecule has 4 rings (SSSR count). The van der Waals surface area contributed by atoms with E-state index in [1.807, 2.05) is 0 Å². The first kappa shape index (κ1) is 17.5. The topological polar surface area (TPSA) is 61.8 Å². The lowest BCUT2D eigenvalue weighted by molar-refractivity contribution is -0.210. The minimum atomic E-state index is -0.423. The third-order valence-corrected chi connectivity index (χ3v) is 5.67. The average molecular weight is 336 g/mol. The molecule has 0 radical (unpaired) electrons. The van der Waals surface area contributed by atoms with Crippen LogP contribution in [0.5, 0.6) is 0 Å². The van der Waals surface area contributed by atoms with Crippen LogP contribution in [0.15, 0.2) is 12.2 Å².